The molecule has 1 aromatic carbocycles. The molecular formula is C12H19NO3S. The summed E-state index contributed by atoms with van der Waals surface area (Å²) in [6.45, 7) is 3.72. The molecule has 2 N–H and O–H groups in total. The zero-order chi connectivity index (χ0) is 13.3. The summed E-state index contributed by atoms with van der Waals surface area (Å²) >= 11 is 0. The van der Waals surface area contributed by atoms with Crippen molar-refractivity contribution in [2.24, 2.45) is 5.73 Å². The highest BCUT2D eigenvalue weighted by atomic mass is 32.2. The third-order valence-corrected chi connectivity index (χ3v) is 3.50. The number of hydrogen-bond donors (Lipinski definition) is 1. The van der Waals surface area contributed by atoms with E-state index < -0.39 is 15.4 Å². The predicted octanol–water partition coefficient (Wildman–Crippen LogP) is 1.38. The van der Waals surface area contributed by atoms with Gasteiger partial charge in [-0.2, -0.15) is 0 Å². The molecular weight excluding hydrogens is 238 g/mol. The lowest BCUT2D eigenvalue weighted by Gasteiger charge is -2.21. The minimum absolute atomic E-state index is 0.237. The summed E-state index contributed by atoms with van der Waals surface area (Å²) in [6, 6.07) is 5.19. The summed E-state index contributed by atoms with van der Waals surface area (Å²) < 4.78 is 28.7. The van der Waals surface area contributed by atoms with Gasteiger partial charge in [-0.1, -0.05) is 12.1 Å². The fraction of sp³-hybridized carbons (Fsp3) is 0.500. The first-order valence-corrected chi connectivity index (χ1v) is 7.19. The van der Waals surface area contributed by atoms with Crippen LogP contribution < -0.4 is 10.5 Å². The van der Waals surface area contributed by atoms with Crippen LogP contribution in [0.3, 0.4) is 0 Å². The Kier molecular flexibility index (Phi) is 3.84. The molecule has 0 fully saturated rings. The van der Waals surface area contributed by atoms with Crippen molar-refractivity contribution in [3.05, 3.63) is 23.8 Å². The van der Waals surface area contributed by atoms with E-state index in [4.69, 9.17) is 10.5 Å². The number of methoxy groups -OCH3 is 1. The Labute approximate surface area is 103 Å². The summed E-state index contributed by atoms with van der Waals surface area (Å²) in [7, 11) is -1.87. The highest BCUT2D eigenvalue weighted by Crippen LogP contribution is 2.29. The van der Waals surface area contributed by atoms with Crippen LogP contribution in [-0.2, 0) is 16.3 Å². The standard InChI is InChI=1S/C12H19NO3S/c1-12(2,13)8-9-6-5-7-10(16-3)11(9)17(4,14)15/h5-7H,8,13H2,1-4H3. The van der Waals surface area contributed by atoms with Crippen LogP contribution in [-0.4, -0.2) is 27.3 Å². The summed E-state index contributed by atoms with van der Waals surface area (Å²) in [5.74, 6) is 0.370. The van der Waals surface area contributed by atoms with Crippen molar-refractivity contribution < 1.29 is 13.2 Å². The number of ether oxygens (including phenoxy) is 1. The molecule has 0 saturated heterocycles. The van der Waals surface area contributed by atoms with Gasteiger partial charge in [0.1, 0.15) is 10.6 Å². The molecule has 4 nitrogen and oxygen atoms in total. The summed E-state index contributed by atoms with van der Waals surface area (Å²) in [5.41, 5.74) is 6.16. The maximum atomic E-state index is 11.8. The van der Waals surface area contributed by atoms with E-state index in [1.54, 1.807) is 18.2 Å². The molecule has 96 valence electrons. The fourth-order valence-corrected chi connectivity index (χ4v) is 2.91. The van der Waals surface area contributed by atoms with Crippen molar-refractivity contribution >= 4 is 9.84 Å². The summed E-state index contributed by atoms with van der Waals surface area (Å²) in [5, 5.41) is 0. The highest BCUT2D eigenvalue weighted by molar-refractivity contribution is 7.90. The van der Waals surface area contributed by atoms with Crippen LogP contribution in [0.4, 0.5) is 0 Å². The average Bonchev–Trinajstić information content (AvgIpc) is 2.12. The van der Waals surface area contributed by atoms with Crippen molar-refractivity contribution in [2.75, 3.05) is 13.4 Å². The molecule has 17 heavy (non-hydrogen) atoms. The van der Waals surface area contributed by atoms with Crippen LogP contribution in [0, 0.1) is 0 Å². The minimum atomic E-state index is -3.33. The van der Waals surface area contributed by atoms with Crippen LogP contribution in [0.15, 0.2) is 23.1 Å². The van der Waals surface area contributed by atoms with E-state index in [-0.39, 0.29) is 4.90 Å². The van der Waals surface area contributed by atoms with Gasteiger partial charge in [-0.05, 0) is 31.9 Å². The second kappa shape index (κ2) is 4.66. The van der Waals surface area contributed by atoms with Gasteiger partial charge in [0.2, 0.25) is 0 Å². The molecule has 0 atom stereocenters. The van der Waals surface area contributed by atoms with Crippen molar-refractivity contribution in [3.63, 3.8) is 0 Å². The Morgan fingerprint density at radius 1 is 1.35 bits per heavy atom. The van der Waals surface area contributed by atoms with E-state index >= 15 is 0 Å². The molecule has 0 amide bonds. The number of sulfone groups is 1. The Balaban J connectivity index is 3.41. The van der Waals surface area contributed by atoms with Gasteiger partial charge in [0, 0.05) is 11.8 Å². The number of benzene rings is 1. The van der Waals surface area contributed by atoms with Crippen molar-refractivity contribution in [1.29, 1.82) is 0 Å². The lowest BCUT2D eigenvalue weighted by atomic mass is 9.96. The Hall–Kier alpha value is -1.07. The molecule has 5 heteroatoms. The van der Waals surface area contributed by atoms with E-state index in [0.29, 0.717) is 17.7 Å². The lowest BCUT2D eigenvalue weighted by Crippen LogP contribution is -2.35. The summed E-state index contributed by atoms with van der Waals surface area (Å²) in [4.78, 5) is 0.237. The normalized spacial score (nSPS) is 12.5. The Morgan fingerprint density at radius 2 is 1.94 bits per heavy atom. The molecule has 0 aliphatic heterocycles. The van der Waals surface area contributed by atoms with E-state index in [0.717, 1.165) is 0 Å². The van der Waals surface area contributed by atoms with Crippen molar-refractivity contribution in [3.8, 4) is 5.75 Å². The predicted molar refractivity (Wildman–Crippen MR) is 68.1 cm³/mol. The van der Waals surface area contributed by atoms with E-state index in [9.17, 15) is 8.42 Å². The van der Waals surface area contributed by atoms with Crippen LogP contribution >= 0.6 is 0 Å². The van der Waals surface area contributed by atoms with Crippen molar-refractivity contribution in [1.82, 2.24) is 0 Å². The molecule has 0 bridgehead atoms. The van der Waals surface area contributed by atoms with Gasteiger partial charge in [0.05, 0.1) is 7.11 Å². The van der Waals surface area contributed by atoms with Crippen LogP contribution in [0.1, 0.15) is 19.4 Å². The zero-order valence-corrected chi connectivity index (χ0v) is 11.5. The first-order chi connectivity index (χ1) is 7.65. The average molecular weight is 257 g/mol. The molecule has 0 aliphatic carbocycles. The topological polar surface area (TPSA) is 69.4 Å². The summed E-state index contributed by atoms with van der Waals surface area (Å²) in [6.07, 6.45) is 1.66. The van der Waals surface area contributed by atoms with Crippen LogP contribution in [0.2, 0.25) is 0 Å². The molecule has 0 aliphatic rings. The number of hydrogen-bond acceptors (Lipinski definition) is 4. The minimum Gasteiger partial charge on any atom is -0.495 e. The van der Waals surface area contributed by atoms with Crippen LogP contribution in [0.5, 0.6) is 5.75 Å². The van der Waals surface area contributed by atoms with Crippen molar-refractivity contribution in [2.45, 2.75) is 30.7 Å². The first-order valence-electron chi connectivity index (χ1n) is 5.30. The SMILES string of the molecule is COc1cccc(CC(C)(C)N)c1S(C)(=O)=O. The molecule has 0 heterocycles. The Bertz CT molecular complexity index is 501. The molecule has 0 spiro atoms. The third kappa shape index (κ3) is 3.71. The Morgan fingerprint density at radius 3 is 2.35 bits per heavy atom. The quantitative estimate of drug-likeness (QED) is 0.884. The van der Waals surface area contributed by atoms with Gasteiger partial charge in [-0.15, -0.1) is 0 Å². The van der Waals surface area contributed by atoms with Crippen LogP contribution in [0.25, 0.3) is 0 Å². The van der Waals surface area contributed by atoms with E-state index in [1.807, 2.05) is 13.8 Å². The maximum absolute atomic E-state index is 11.8. The van der Waals surface area contributed by atoms with Gasteiger partial charge < -0.3 is 10.5 Å². The fourth-order valence-electron chi connectivity index (χ4n) is 1.77. The van der Waals surface area contributed by atoms with Gasteiger partial charge in [-0.3, -0.25) is 0 Å². The monoisotopic (exact) mass is 257 g/mol. The highest BCUT2D eigenvalue weighted by Gasteiger charge is 2.22. The van der Waals surface area contributed by atoms with E-state index in [1.165, 1.54) is 13.4 Å². The van der Waals surface area contributed by atoms with E-state index in [2.05, 4.69) is 0 Å². The second-order valence-electron chi connectivity index (χ2n) is 4.89. The zero-order valence-electron chi connectivity index (χ0n) is 10.6. The van der Waals surface area contributed by atoms with Gasteiger partial charge >= 0.3 is 0 Å². The number of nitrogens with two attached hydrogens (primary N) is 1. The smallest absolute Gasteiger partial charge is 0.179 e. The molecule has 0 unspecified atom stereocenters. The lowest BCUT2D eigenvalue weighted by molar-refractivity contribution is 0.400. The van der Waals surface area contributed by atoms with Gasteiger partial charge in [0.15, 0.2) is 9.84 Å². The van der Waals surface area contributed by atoms with Gasteiger partial charge in [-0.25, -0.2) is 8.42 Å². The second-order valence-corrected chi connectivity index (χ2v) is 6.84. The molecule has 0 saturated carbocycles. The molecule has 0 aromatic heterocycles. The number of rotatable bonds is 4. The third-order valence-electron chi connectivity index (χ3n) is 2.30. The first kappa shape index (κ1) is 14.0. The molecule has 1 rings (SSSR count). The maximum Gasteiger partial charge on any atom is 0.179 e. The largest absolute Gasteiger partial charge is 0.495 e. The molecule has 1 aromatic rings. The van der Waals surface area contributed by atoms with Gasteiger partial charge in [0.25, 0.3) is 0 Å². The molecule has 0 radical (unpaired) electrons.